The summed E-state index contributed by atoms with van der Waals surface area (Å²) in [5.74, 6) is 0.943. The van der Waals surface area contributed by atoms with E-state index in [0.717, 1.165) is 29.6 Å². The summed E-state index contributed by atoms with van der Waals surface area (Å²) < 4.78 is 7.39. The fourth-order valence-corrected chi connectivity index (χ4v) is 2.83. The molecule has 0 N–H and O–H groups in total. The highest BCUT2D eigenvalue weighted by molar-refractivity contribution is 7.99. The molecule has 94 valence electrons. The molecule has 0 aliphatic carbocycles. The van der Waals surface area contributed by atoms with Crippen LogP contribution in [-0.4, -0.2) is 33.2 Å². The highest BCUT2D eigenvalue weighted by atomic mass is 32.2. The molecule has 3 rings (SSSR count). The molecule has 1 fully saturated rings. The van der Waals surface area contributed by atoms with Crippen molar-refractivity contribution >= 4 is 11.8 Å². The molecule has 0 spiro atoms. The second-order valence-electron chi connectivity index (χ2n) is 4.25. The van der Waals surface area contributed by atoms with Crippen molar-refractivity contribution in [1.82, 2.24) is 14.8 Å². The minimum atomic E-state index is 0.374. The Morgan fingerprint density at radius 2 is 2.22 bits per heavy atom. The number of aromatic nitrogens is 3. The SMILES string of the molecule is c1ccc(-n2cnc(SC[C@H]3CCCO3)n2)cc1. The zero-order valence-corrected chi connectivity index (χ0v) is 10.8. The summed E-state index contributed by atoms with van der Waals surface area (Å²) in [5, 5.41) is 5.27. The van der Waals surface area contributed by atoms with Crippen molar-refractivity contribution in [1.29, 1.82) is 0 Å². The molecule has 18 heavy (non-hydrogen) atoms. The second-order valence-corrected chi connectivity index (χ2v) is 5.24. The van der Waals surface area contributed by atoms with Crippen LogP contribution in [0.25, 0.3) is 5.69 Å². The van der Waals surface area contributed by atoms with E-state index in [9.17, 15) is 0 Å². The molecule has 1 aromatic carbocycles. The van der Waals surface area contributed by atoms with Crippen molar-refractivity contribution in [3.63, 3.8) is 0 Å². The first-order chi connectivity index (χ1) is 8.92. The van der Waals surface area contributed by atoms with Crippen molar-refractivity contribution in [2.24, 2.45) is 0 Å². The summed E-state index contributed by atoms with van der Waals surface area (Å²) in [7, 11) is 0. The molecule has 2 aromatic rings. The first-order valence-corrected chi connectivity index (χ1v) is 7.12. The molecule has 4 nitrogen and oxygen atoms in total. The zero-order valence-electron chi connectivity index (χ0n) is 10.0. The Morgan fingerprint density at radius 1 is 1.33 bits per heavy atom. The van der Waals surface area contributed by atoms with Crippen LogP contribution in [0.3, 0.4) is 0 Å². The van der Waals surface area contributed by atoms with Gasteiger partial charge in [0.1, 0.15) is 6.33 Å². The number of hydrogen-bond acceptors (Lipinski definition) is 4. The van der Waals surface area contributed by atoms with Crippen LogP contribution < -0.4 is 0 Å². The first kappa shape index (κ1) is 11.7. The Bertz CT molecular complexity index is 494. The van der Waals surface area contributed by atoms with Gasteiger partial charge in [-0.25, -0.2) is 9.67 Å². The van der Waals surface area contributed by atoms with Crippen LogP contribution in [0, 0.1) is 0 Å². The fourth-order valence-electron chi connectivity index (χ4n) is 1.96. The monoisotopic (exact) mass is 261 g/mol. The van der Waals surface area contributed by atoms with Crippen molar-refractivity contribution < 1.29 is 4.74 Å². The van der Waals surface area contributed by atoms with E-state index in [-0.39, 0.29) is 0 Å². The maximum atomic E-state index is 5.58. The quantitative estimate of drug-likeness (QED) is 0.793. The highest BCUT2D eigenvalue weighted by Crippen LogP contribution is 2.21. The Balaban J connectivity index is 1.63. The van der Waals surface area contributed by atoms with Gasteiger partial charge in [-0.1, -0.05) is 30.0 Å². The van der Waals surface area contributed by atoms with Gasteiger partial charge < -0.3 is 4.74 Å². The van der Waals surface area contributed by atoms with Crippen molar-refractivity contribution in [2.75, 3.05) is 12.4 Å². The average Bonchev–Trinajstić information content (AvgIpc) is 3.09. The minimum absolute atomic E-state index is 0.374. The van der Waals surface area contributed by atoms with Crippen molar-refractivity contribution in [3.05, 3.63) is 36.7 Å². The Hall–Kier alpha value is -1.33. The lowest BCUT2D eigenvalue weighted by Crippen LogP contribution is -2.07. The molecule has 0 bridgehead atoms. The number of hydrogen-bond donors (Lipinski definition) is 0. The summed E-state index contributed by atoms with van der Waals surface area (Å²) in [4.78, 5) is 4.31. The number of para-hydroxylation sites is 1. The number of thioether (sulfide) groups is 1. The normalized spacial score (nSPS) is 19.2. The third-order valence-corrected chi connectivity index (χ3v) is 3.90. The average molecular weight is 261 g/mol. The lowest BCUT2D eigenvalue weighted by Gasteiger charge is -2.05. The molecule has 0 unspecified atom stereocenters. The van der Waals surface area contributed by atoms with Crippen LogP contribution in [0.4, 0.5) is 0 Å². The first-order valence-electron chi connectivity index (χ1n) is 6.13. The topological polar surface area (TPSA) is 39.9 Å². The van der Waals surface area contributed by atoms with E-state index in [2.05, 4.69) is 10.1 Å². The van der Waals surface area contributed by atoms with Crippen LogP contribution in [0.2, 0.25) is 0 Å². The Kier molecular flexibility index (Phi) is 3.61. The molecular weight excluding hydrogens is 246 g/mol. The number of ether oxygens (including phenoxy) is 1. The molecule has 5 heteroatoms. The molecule has 1 atom stereocenters. The number of benzene rings is 1. The van der Waals surface area contributed by atoms with E-state index in [4.69, 9.17) is 4.74 Å². The fraction of sp³-hybridized carbons (Fsp3) is 0.385. The van der Waals surface area contributed by atoms with Gasteiger partial charge in [0.05, 0.1) is 11.8 Å². The highest BCUT2D eigenvalue weighted by Gasteiger charge is 2.16. The van der Waals surface area contributed by atoms with E-state index in [1.165, 1.54) is 6.42 Å². The predicted molar refractivity (Wildman–Crippen MR) is 71.1 cm³/mol. The van der Waals surface area contributed by atoms with Gasteiger partial charge in [-0.3, -0.25) is 0 Å². The molecule has 1 aromatic heterocycles. The van der Waals surface area contributed by atoms with Gasteiger partial charge in [-0.05, 0) is 25.0 Å². The van der Waals surface area contributed by atoms with Gasteiger partial charge in [-0.2, -0.15) is 0 Å². The van der Waals surface area contributed by atoms with Crippen molar-refractivity contribution in [2.45, 2.75) is 24.1 Å². The van der Waals surface area contributed by atoms with Crippen LogP contribution in [0.15, 0.2) is 41.8 Å². The smallest absolute Gasteiger partial charge is 0.208 e. The molecule has 1 saturated heterocycles. The van der Waals surface area contributed by atoms with Gasteiger partial charge in [0.25, 0.3) is 0 Å². The van der Waals surface area contributed by atoms with Crippen molar-refractivity contribution in [3.8, 4) is 5.69 Å². The summed E-state index contributed by atoms with van der Waals surface area (Å²) in [6.07, 6.45) is 4.47. The molecule has 0 amide bonds. The molecular formula is C13H15N3OS. The van der Waals surface area contributed by atoms with Gasteiger partial charge in [0.15, 0.2) is 0 Å². The molecule has 0 radical (unpaired) electrons. The molecule has 0 saturated carbocycles. The molecule has 1 aliphatic rings. The van der Waals surface area contributed by atoms with E-state index in [1.807, 2.05) is 30.3 Å². The summed E-state index contributed by atoms with van der Waals surface area (Å²) in [6, 6.07) is 10.0. The number of nitrogens with zero attached hydrogens (tertiary/aromatic N) is 3. The zero-order chi connectivity index (χ0) is 12.2. The third kappa shape index (κ3) is 2.73. The van der Waals surface area contributed by atoms with Crippen LogP contribution >= 0.6 is 11.8 Å². The lowest BCUT2D eigenvalue weighted by atomic mass is 10.3. The van der Waals surface area contributed by atoms with Crippen LogP contribution in [0.5, 0.6) is 0 Å². The lowest BCUT2D eigenvalue weighted by molar-refractivity contribution is 0.129. The van der Waals surface area contributed by atoms with Gasteiger partial charge in [0.2, 0.25) is 5.16 Å². The Labute approximate surface area is 110 Å². The van der Waals surface area contributed by atoms with Gasteiger partial charge >= 0.3 is 0 Å². The maximum absolute atomic E-state index is 5.58. The van der Waals surface area contributed by atoms with E-state index < -0.39 is 0 Å². The minimum Gasteiger partial charge on any atom is -0.377 e. The van der Waals surface area contributed by atoms with E-state index in [0.29, 0.717) is 6.10 Å². The summed E-state index contributed by atoms with van der Waals surface area (Å²) in [5.41, 5.74) is 1.04. The predicted octanol–water partition coefficient (Wildman–Crippen LogP) is 2.54. The third-order valence-electron chi connectivity index (χ3n) is 2.91. The standard InChI is InChI=1S/C13H15N3OS/c1-2-5-11(6-3-1)16-10-14-13(15-16)18-9-12-7-4-8-17-12/h1-3,5-6,10,12H,4,7-9H2/t12-/m1/s1. The van der Waals surface area contributed by atoms with Gasteiger partial charge in [0, 0.05) is 12.4 Å². The molecule has 1 aliphatic heterocycles. The van der Waals surface area contributed by atoms with Crippen LogP contribution in [0.1, 0.15) is 12.8 Å². The van der Waals surface area contributed by atoms with Gasteiger partial charge in [-0.15, -0.1) is 5.10 Å². The summed E-state index contributed by atoms with van der Waals surface area (Å²) >= 11 is 1.67. The largest absolute Gasteiger partial charge is 0.377 e. The maximum Gasteiger partial charge on any atom is 0.208 e. The second kappa shape index (κ2) is 5.54. The van der Waals surface area contributed by atoms with E-state index in [1.54, 1.807) is 22.8 Å². The Morgan fingerprint density at radius 3 is 3.00 bits per heavy atom. The summed E-state index contributed by atoms with van der Waals surface area (Å²) in [6.45, 7) is 0.900. The number of rotatable bonds is 4. The molecule has 2 heterocycles. The van der Waals surface area contributed by atoms with E-state index >= 15 is 0 Å². The van der Waals surface area contributed by atoms with Crippen LogP contribution in [-0.2, 0) is 4.74 Å².